The minimum absolute atomic E-state index is 0.0261. The third-order valence-electron chi connectivity index (χ3n) is 5.27. The van der Waals surface area contributed by atoms with Gasteiger partial charge in [-0.2, -0.15) is 4.31 Å². The second-order valence-electron chi connectivity index (χ2n) is 7.33. The van der Waals surface area contributed by atoms with Crippen LogP contribution in [0.5, 0.6) is 5.75 Å². The summed E-state index contributed by atoms with van der Waals surface area (Å²) in [6.07, 6.45) is 1.24. The number of hydrogen-bond donors (Lipinski definition) is 1. The molecule has 0 saturated carbocycles. The zero-order chi connectivity index (χ0) is 22.8. The van der Waals surface area contributed by atoms with Gasteiger partial charge in [-0.1, -0.05) is 6.07 Å². The van der Waals surface area contributed by atoms with Crippen LogP contribution in [-0.2, 0) is 16.4 Å². The van der Waals surface area contributed by atoms with Crippen LogP contribution >= 0.6 is 22.6 Å². The first-order chi connectivity index (χ1) is 14.6. The van der Waals surface area contributed by atoms with Crippen molar-refractivity contribution in [3.8, 4) is 5.75 Å². The van der Waals surface area contributed by atoms with Crippen molar-refractivity contribution in [2.45, 2.75) is 32.2 Å². The molecule has 0 unspecified atom stereocenters. The summed E-state index contributed by atoms with van der Waals surface area (Å²) >= 11 is 1.98. The molecule has 2 aromatic rings. The zero-order valence-electron chi connectivity index (χ0n) is 16.9. The molecule has 1 saturated heterocycles. The quantitative estimate of drug-likeness (QED) is 0.498. The van der Waals surface area contributed by atoms with E-state index in [2.05, 4.69) is 0 Å². The largest absolute Gasteiger partial charge is 0.491 e. The molecule has 31 heavy (non-hydrogen) atoms. The molecule has 168 valence electrons. The molecule has 3 rings (SSSR count). The van der Waals surface area contributed by atoms with E-state index in [1.807, 2.05) is 22.6 Å². The number of ether oxygens (including phenoxy) is 1. The third kappa shape index (κ3) is 5.53. The normalized spacial score (nSPS) is 17.1. The van der Waals surface area contributed by atoms with Crippen molar-refractivity contribution in [3.63, 3.8) is 0 Å². The van der Waals surface area contributed by atoms with Gasteiger partial charge in [0.15, 0.2) is 0 Å². The summed E-state index contributed by atoms with van der Waals surface area (Å²) < 4.78 is 61.0. The van der Waals surface area contributed by atoms with Gasteiger partial charge in [-0.05, 0) is 71.7 Å². The predicted octanol–water partition coefficient (Wildman–Crippen LogP) is 3.45. The van der Waals surface area contributed by atoms with E-state index in [0.717, 1.165) is 12.1 Å². The molecule has 1 aliphatic heterocycles. The summed E-state index contributed by atoms with van der Waals surface area (Å²) in [4.78, 5) is 12.2. The van der Waals surface area contributed by atoms with E-state index in [-0.39, 0.29) is 41.2 Å². The van der Waals surface area contributed by atoms with Crippen LogP contribution in [0.4, 0.5) is 8.78 Å². The number of rotatable bonds is 8. The fraction of sp³-hybridized carbons (Fsp3) is 0.381. The van der Waals surface area contributed by atoms with Gasteiger partial charge in [0.2, 0.25) is 10.0 Å². The highest BCUT2D eigenvalue weighted by molar-refractivity contribution is 14.1. The van der Waals surface area contributed by atoms with Crippen molar-refractivity contribution >= 4 is 38.5 Å². The average Bonchev–Trinajstić information content (AvgIpc) is 3.17. The molecule has 2 aromatic carbocycles. The van der Waals surface area contributed by atoms with E-state index >= 15 is 0 Å². The number of benzene rings is 2. The van der Waals surface area contributed by atoms with Crippen molar-refractivity contribution in [3.05, 3.63) is 62.2 Å². The van der Waals surface area contributed by atoms with Crippen LogP contribution in [-0.4, -0.2) is 43.6 Å². The molecule has 0 aliphatic carbocycles. The van der Waals surface area contributed by atoms with Gasteiger partial charge < -0.3 is 10.5 Å². The van der Waals surface area contributed by atoms with Gasteiger partial charge in [0.05, 0.1) is 17.4 Å². The minimum Gasteiger partial charge on any atom is -0.491 e. The fourth-order valence-electron chi connectivity index (χ4n) is 3.73. The Bertz CT molecular complexity index is 1100. The summed E-state index contributed by atoms with van der Waals surface area (Å²) in [6, 6.07) is 6.39. The molecule has 1 aliphatic rings. The second-order valence-corrected chi connectivity index (χ2v) is 10.8. The molecule has 1 fully saturated rings. The number of sulfonamides is 1. The lowest BCUT2D eigenvalue weighted by Gasteiger charge is -2.24. The second kappa shape index (κ2) is 9.78. The maximum absolute atomic E-state index is 14.3. The van der Waals surface area contributed by atoms with Crippen molar-refractivity contribution < 1.29 is 26.7 Å². The van der Waals surface area contributed by atoms with E-state index in [0.29, 0.717) is 23.0 Å². The average molecular weight is 564 g/mol. The molecule has 2 N–H and O–H groups in total. The lowest BCUT2D eigenvalue weighted by atomic mass is 9.98. The molecular formula is C21H23F2IN2O4S. The Morgan fingerprint density at radius 3 is 2.65 bits per heavy atom. The molecule has 1 atom stereocenters. The Morgan fingerprint density at radius 1 is 1.26 bits per heavy atom. The summed E-state index contributed by atoms with van der Waals surface area (Å²) in [5.41, 5.74) is 5.99. The van der Waals surface area contributed by atoms with E-state index in [1.54, 1.807) is 19.1 Å². The Balaban J connectivity index is 1.89. The first kappa shape index (κ1) is 23.9. The van der Waals surface area contributed by atoms with Gasteiger partial charge in [0, 0.05) is 22.6 Å². The van der Waals surface area contributed by atoms with Crippen molar-refractivity contribution in [1.29, 1.82) is 0 Å². The Labute approximate surface area is 193 Å². The van der Waals surface area contributed by atoms with Crippen molar-refractivity contribution in [1.82, 2.24) is 4.31 Å². The lowest BCUT2D eigenvalue weighted by Crippen LogP contribution is -2.40. The fourth-order valence-corrected chi connectivity index (χ4v) is 5.55. The topological polar surface area (TPSA) is 89.7 Å². The summed E-state index contributed by atoms with van der Waals surface area (Å²) in [5, 5.41) is 0. The maximum atomic E-state index is 14.3. The number of amides is 1. The molecule has 1 heterocycles. The molecule has 0 bridgehead atoms. The Hall–Kier alpha value is -1.79. The Morgan fingerprint density at radius 2 is 2.00 bits per heavy atom. The monoisotopic (exact) mass is 564 g/mol. The number of carbonyl (C=O) groups excluding carboxylic acids is 1. The van der Waals surface area contributed by atoms with Crippen molar-refractivity contribution in [2.75, 3.05) is 18.9 Å². The number of halogens is 3. The van der Waals surface area contributed by atoms with Gasteiger partial charge >= 0.3 is 0 Å². The van der Waals surface area contributed by atoms with E-state index in [9.17, 15) is 22.0 Å². The van der Waals surface area contributed by atoms with Crippen LogP contribution in [0.1, 0.15) is 41.3 Å². The smallest absolute Gasteiger partial charge is 0.252 e. The first-order valence-corrected chi connectivity index (χ1v) is 12.5. The summed E-state index contributed by atoms with van der Waals surface area (Å²) in [5.74, 6) is -2.07. The third-order valence-corrected chi connectivity index (χ3v) is 7.86. The molecule has 0 spiro atoms. The Kier molecular flexibility index (Phi) is 7.53. The molecule has 10 heteroatoms. The van der Waals surface area contributed by atoms with Gasteiger partial charge in [0.1, 0.15) is 24.0 Å². The van der Waals surface area contributed by atoms with Crippen molar-refractivity contribution in [2.24, 2.45) is 5.73 Å². The number of nitrogens with two attached hydrogens (primary N) is 1. The maximum Gasteiger partial charge on any atom is 0.252 e. The number of nitrogens with zero attached hydrogens (tertiary/aromatic N) is 1. The van der Waals surface area contributed by atoms with Crippen LogP contribution in [0, 0.1) is 15.2 Å². The highest BCUT2D eigenvalue weighted by Gasteiger charge is 2.33. The highest BCUT2D eigenvalue weighted by Crippen LogP contribution is 2.29. The van der Waals surface area contributed by atoms with Gasteiger partial charge in [-0.3, -0.25) is 4.79 Å². The minimum atomic E-state index is -3.40. The van der Waals surface area contributed by atoms with Crippen LogP contribution in [0.2, 0.25) is 0 Å². The van der Waals surface area contributed by atoms with Gasteiger partial charge in [0.25, 0.3) is 5.91 Å². The zero-order valence-corrected chi connectivity index (χ0v) is 19.9. The SMILES string of the molecule is CCS(=O)(=O)N1CCC[C@@H]1COc1cc(F)cc(Cc2ccc(I)cc2F)c1C(N)=O. The van der Waals surface area contributed by atoms with E-state index < -0.39 is 33.6 Å². The predicted molar refractivity (Wildman–Crippen MR) is 122 cm³/mol. The number of hydrogen-bond acceptors (Lipinski definition) is 4. The van der Waals surface area contributed by atoms with Gasteiger partial charge in [-0.25, -0.2) is 17.2 Å². The number of carbonyl (C=O) groups is 1. The lowest BCUT2D eigenvalue weighted by molar-refractivity contribution is 0.0994. The number of primary amides is 1. The van der Waals surface area contributed by atoms with Gasteiger partial charge in [-0.15, -0.1) is 0 Å². The standard InChI is InChI=1S/C21H23F2IN2O4S/c1-2-31(28,29)26-7-3-4-17(26)12-30-19-10-15(22)9-14(20(19)21(25)27)8-13-5-6-16(24)11-18(13)23/h5-6,9-11,17H,2-4,7-8,12H2,1H3,(H2,25,27)/t17-/m1/s1. The molecule has 6 nitrogen and oxygen atoms in total. The summed E-state index contributed by atoms with van der Waals surface area (Å²) in [6.45, 7) is 1.92. The van der Waals surface area contributed by atoms with E-state index in [4.69, 9.17) is 10.5 Å². The molecule has 1 amide bonds. The summed E-state index contributed by atoms with van der Waals surface area (Å²) in [7, 11) is -3.40. The molecular weight excluding hydrogens is 541 g/mol. The van der Waals surface area contributed by atoms with Crippen LogP contribution in [0.25, 0.3) is 0 Å². The first-order valence-electron chi connectivity index (χ1n) is 9.80. The highest BCUT2D eigenvalue weighted by atomic mass is 127. The van der Waals surface area contributed by atoms with Crippen LogP contribution in [0.3, 0.4) is 0 Å². The van der Waals surface area contributed by atoms with E-state index in [1.165, 1.54) is 10.4 Å². The molecule has 0 radical (unpaired) electrons. The molecule has 0 aromatic heterocycles. The van der Waals surface area contributed by atoms with Crippen LogP contribution in [0.15, 0.2) is 30.3 Å². The van der Waals surface area contributed by atoms with Crippen LogP contribution < -0.4 is 10.5 Å².